The molecule has 0 aromatic carbocycles. The van der Waals surface area contributed by atoms with E-state index >= 15 is 0 Å². The van der Waals surface area contributed by atoms with E-state index in [1.54, 1.807) is 0 Å². The average Bonchev–Trinajstić information content (AvgIpc) is 2.29. The van der Waals surface area contributed by atoms with Crippen molar-refractivity contribution in [2.75, 3.05) is 0 Å². The third-order valence-electron chi connectivity index (χ3n) is 4.39. The molecule has 86 valence electrons. The van der Waals surface area contributed by atoms with Gasteiger partial charge in [-0.25, -0.2) is 0 Å². The lowest BCUT2D eigenvalue weighted by atomic mass is 9.69. The summed E-state index contributed by atoms with van der Waals surface area (Å²) in [7, 11) is 0. The van der Waals surface area contributed by atoms with E-state index in [2.05, 4.69) is 18.8 Å². The maximum absolute atomic E-state index is 3.85. The van der Waals surface area contributed by atoms with E-state index in [1.165, 1.54) is 44.9 Å². The molecule has 0 spiro atoms. The number of rotatable bonds is 3. The van der Waals surface area contributed by atoms with Crippen molar-refractivity contribution < 1.29 is 0 Å². The van der Waals surface area contributed by atoms with Gasteiger partial charge in [-0.15, -0.1) is 6.58 Å². The number of hydrogen-bond donors (Lipinski definition) is 1. The molecule has 0 bridgehead atoms. The van der Waals surface area contributed by atoms with Crippen molar-refractivity contribution in [1.82, 2.24) is 5.32 Å². The van der Waals surface area contributed by atoms with Crippen LogP contribution < -0.4 is 5.32 Å². The molecule has 2 aliphatic rings. The van der Waals surface area contributed by atoms with E-state index in [9.17, 15) is 0 Å². The summed E-state index contributed by atoms with van der Waals surface area (Å²) in [6.07, 6.45) is 12.3. The van der Waals surface area contributed by atoms with E-state index in [0.717, 1.165) is 17.9 Å². The largest absolute Gasteiger partial charge is 0.308 e. The standard InChI is InChI=1S/C14H25N/c1-3-11(2)15-14-9-8-12-6-4-5-7-13(12)10-14/h3,11-15H,1,4-10H2,2H3. The van der Waals surface area contributed by atoms with Gasteiger partial charge in [0.15, 0.2) is 0 Å². The normalized spacial score (nSPS) is 38.1. The minimum Gasteiger partial charge on any atom is -0.308 e. The SMILES string of the molecule is C=CC(C)NC1CCC2CCCCC2C1. The first-order valence-electron chi connectivity index (χ1n) is 6.68. The Kier molecular flexibility index (Phi) is 3.85. The van der Waals surface area contributed by atoms with Crippen molar-refractivity contribution in [3.05, 3.63) is 12.7 Å². The Morgan fingerprint density at radius 2 is 1.87 bits per heavy atom. The second-order valence-corrected chi connectivity index (χ2v) is 5.51. The smallest absolute Gasteiger partial charge is 0.0221 e. The highest BCUT2D eigenvalue weighted by Crippen LogP contribution is 2.40. The molecule has 0 radical (unpaired) electrons. The summed E-state index contributed by atoms with van der Waals surface area (Å²) >= 11 is 0. The van der Waals surface area contributed by atoms with E-state index in [0.29, 0.717) is 6.04 Å². The molecule has 0 saturated heterocycles. The van der Waals surface area contributed by atoms with Gasteiger partial charge in [0.2, 0.25) is 0 Å². The summed E-state index contributed by atoms with van der Waals surface area (Å²) in [5, 5.41) is 3.68. The van der Waals surface area contributed by atoms with E-state index in [1.807, 2.05) is 6.08 Å². The van der Waals surface area contributed by atoms with Crippen LogP contribution in [0, 0.1) is 11.8 Å². The lowest BCUT2D eigenvalue weighted by Gasteiger charge is -2.40. The molecule has 0 aliphatic heterocycles. The van der Waals surface area contributed by atoms with Gasteiger partial charge >= 0.3 is 0 Å². The molecule has 1 nitrogen and oxygen atoms in total. The maximum atomic E-state index is 3.85. The van der Waals surface area contributed by atoms with Crippen molar-refractivity contribution in [3.8, 4) is 0 Å². The summed E-state index contributed by atoms with van der Waals surface area (Å²) in [4.78, 5) is 0. The zero-order valence-electron chi connectivity index (χ0n) is 10.0. The van der Waals surface area contributed by atoms with Crippen LogP contribution in [0.1, 0.15) is 51.9 Å². The van der Waals surface area contributed by atoms with E-state index < -0.39 is 0 Å². The summed E-state index contributed by atoms with van der Waals surface area (Å²) < 4.78 is 0. The van der Waals surface area contributed by atoms with Crippen LogP contribution in [-0.2, 0) is 0 Å². The molecular weight excluding hydrogens is 182 g/mol. The van der Waals surface area contributed by atoms with Crippen molar-refractivity contribution in [2.45, 2.75) is 64.0 Å². The molecule has 15 heavy (non-hydrogen) atoms. The van der Waals surface area contributed by atoms with Crippen LogP contribution in [0.4, 0.5) is 0 Å². The molecule has 2 fully saturated rings. The Bertz CT molecular complexity index is 211. The summed E-state index contributed by atoms with van der Waals surface area (Å²) in [6.45, 7) is 6.05. The summed E-state index contributed by atoms with van der Waals surface area (Å²) in [6, 6.07) is 1.24. The molecule has 2 saturated carbocycles. The van der Waals surface area contributed by atoms with Gasteiger partial charge in [-0.2, -0.15) is 0 Å². The van der Waals surface area contributed by atoms with Gasteiger partial charge in [0.1, 0.15) is 0 Å². The minimum absolute atomic E-state index is 0.482. The van der Waals surface area contributed by atoms with Crippen molar-refractivity contribution in [1.29, 1.82) is 0 Å². The Labute approximate surface area is 94.3 Å². The Morgan fingerprint density at radius 1 is 1.13 bits per heavy atom. The van der Waals surface area contributed by atoms with Crippen LogP contribution in [0.25, 0.3) is 0 Å². The Morgan fingerprint density at radius 3 is 2.60 bits per heavy atom. The summed E-state index contributed by atoms with van der Waals surface area (Å²) in [5.74, 6) is 2.10. The van der Waals surface area contributed by atoms with Crippen LogP contribution >= 0.6 is 0 Å². The molecule has 0 heterocycles. The first-order valence-corrected chi connectivity index (χ1v) is 6.68. The van der Waals surface area contributed by atoms with Gasteiger partial charge in [-0.05, 0) is 38.0 Å². The predicted molar refractivity (Wildman–Crippen MR) is 65.9 cm³/mol. The van der Waals surface area contributed by atoms with Crippen molar-refractivity contribution in [3.63, 3.8) is 0 Å². The summed E-state index contributed by atoms with van der Waals surface area (Å²) in [5.41, 5.74) is 0. The molecule has 1 heteroatoms. The average molecular weight is 207 g/mol. The lowest BCUT2D eigenvalue weighted by molar-refractivity contribution is 0.142. The lowest BCUT2D eigenvalue weighted by Crippen LogP contribution is -2.42. The molecule has 2 aliphatic carbocycles. The molecule has 2 rings (SSSR count). The predicted octanol–water partition coefficient (Wildman–Crippen LogP) is 3.51. The second-order valence-electron chi connectivity index (χ2n) is 5.51. The van der Waals surface area contributed by atoms with Crippen LogP contribution in [-0.4, -0.2) is 12.1 Å². The highest BCUT2D eigenvalue weighted by atomic mass is 14.9. The fourth-order valence-corrected chi connectivity index (χ4v) is 3.46. The van der Waals surface area contributed by atoms with Crippen LogP contribution in [0.15, 0.2) is 12.7 Å². The first kappa shape index (κ1) is 11.2. The fraction of sp³-hybridized carbons (Fsp3) is 0.857. The van der Waals surface area contributed by atoms with Gasteiger partial charge in [-0.1, -0.05) is 31.8 Å². The molecule has 0 amide bonds. The van der Waals surface area contributed by atoms with Crippen molar-refractivity contribution in [2.24, 2.45) is 11.8 Å². The number of hydrogen-bond acceptors (Lipinski definition) is 1. The van der Waals surface area contributed by atoms with Gasteiger partial charge in [0.25, 0.3) is 0 Å². The van der Waals surface area contributed by atoms with E-state index in [4.69, 9.17) is 0 Å². The molecule has 4 atom stereocenters. The molecular formula is C14H25N. The van der Waals surface area contributed by atoms with Crippen LogP contribution in [0.5, 0.6) is 0 Å². The zero-order valence-corrected chi connectivity index (χ0v) is 10.0. The van der Waals surface area contributed by atoms with Gasteiger partial charge < -0.3 is 5.32 Å². The maximum Gasteiger partial charge on any atom is 0.0221 e. The minimum atomic E-state index is 0.482. The second kappa shape index (κ2) is 5.16. The van der Waals surface area contributed by atoms with Gasteiger partial charge in [0, 0.05) is 12.1 Å². The first-order chi connectivity index (χ1) is 7.29. The number of nitrogens with one attached hydrogen (secondary N) is 1. The number of fused-ring (bicyclic) bond motifs is 1. The van der Waals surface area contributed by atoms with Gasteiger partial charge in [-0.3, -0.25) is 0 Å². The topological polar surface area (TPSA) is 12.0 Å². The quantitative estimate of drug-likeness (QED) is 0.698. The zero-order chi connectivity index (χ0) is 10.7. The highest BCUT2D eigenvalue weighted by molar-refractivity contribution is 4.90. The van der Waals surface area contributed by atoms with Crippen molar-refractivity contribution >= 4 is 0 Å². The Hall–Kier alpha value is -0.300. The third-order valence-corrected chi connectivity index (χ3v) is 4.39. The third kappa shape index (κ3) is 2.84. The molecule has 4 unspecified atom stereocenters. The van der Waals surface area contributed by atoms with Crippen LogP contribution in [0.3, 0.4) is 0 Å². The Balaban J connectivity index is 1.82. The fourth-order valence-electron chi connectivity index (χ4n) is 3.46. The molecule has 0 aromatic heterocycles. The molecule has 0 aromatic rings. The molecule has 1 N–H and O–H groups in total. The van der Waals surface area contributed by atoms with Crippen LogP contribution in [0.2, 0.25) is 0 Å². The monoisotopic (exact) mass is 207 g/mol. The van der Waals surface area contributed by atoms with E-state index in [-0.39, 0.29) is 0 Å². The highest BCUT2D eigenvalue weighted by Gasteiger charge is 2.32. The van der Waals surface area contributed by atoms with Gasteiger partial charge in [0.05, 0.1) is 0 Å².